The van der Waals surface area contributed by atoms with Crippen LogP contribution in [0.5, 0.6) is 0 Å². The summed E-state index contributed by atoms with van der Waals surface area (Å²) >= 11 is 0. The van der Waals surface area contributed by atoms with E-state index < -0.39 is 12.1 Å². The molecule has 0 fully saturated rings. The molecule has 0 aliphatic carbocycles. The fraction of sp³-hybridized carbons (Fsp3) is 0.714. The second kappa shape index (κ2) is 4.71. The van der Waals surface area contributed by atoms with Crippen molar-refractivity contribution in [3.63, 3.8) is 0 Å². The molecule has 1 amide bonds. The zero-order valence-electron chi connectivity index (χ0n) is 7.01. The Morgan fingerprint density at radius 1 is 1.64 bits per heavy atom. The average molecular weight is 161 g/mol. The number of ether oxygens (including phenoxy) is 1. The molecule has 1 N–H and O–H groups in total. The Balaban J connectivity index is 0. The minimum absolute atomic E-state index is 0. The molecule has 11 heavy (non-hydrogen) atoms. The van der Waals surface area contributed by atoms with E-state index in [1.165, 1.54) is 7.11 Å². The number of Topliss-reactive ketones (excluding diaryl/α,β-unsaturated/α-hetero) is 1. The van der Waals surface area contributed by atoms with Crippen molar-refractivity contribution in [1.29, 1.82) is 0 Å². The molecule has 0 aliphatic heterocycles. The van der Waals surface area contributed by atoms with Gasteiger partial charge in [-0.25, -0.2) is 4.79 Å². The molecule has 0 saturated heterocycles. The summed E-state index contributed by atoms with van der Waals surface area (Å²) in [7, 11) is 1.26. The van der Waals surface area contributed by atoms with E-state index in [2.05, 4.69) is 10.1 Å². The third kappa shape index (κ3) is 3.60. The standard InChI is InChI=1S/C7H13NO3.H2/c1-4-6(9)5(2)8-7(10)11-3;/h5H,4H2,1-3H3,(H,8,10);1H/t5-;/m0./s1. The molecule has 0 heterocycles. The summed E-state index contributed by atoms with van der Waals surface area (Å²) in [6.07, 6.45) is -0.148. The van der Waals surface area contributed by atoms with Crippen LogP contribution in [0.2, 0.25) is 0 Å². The molecule has 0 aromatic rings. The number of nitrogens with one attached hydrogen (secondary N) is 1. The van der Waals surface area contributed by atoms with Gasteiger partial charge in [-0.3, -0.25) is 4.79 Å². The Hall–Kier alpha value is -1.06. The van der Waals surface area contributed by atoms with Gasteiger partial charge in [0.15, 0.2) is 5.78 Å². The molecule has 0 radical (unpaired) electrons. The van der Waals surface area contributed by atoms with Gasteiger partial charge in [-0.2, -0.15) is 0 Å². The van der Waals surface area contributed by atoms with Gasteiger partial charge in [-0.1, -0.05) is 6.92 Å². The number of carbonyl (C=O) groups excluding carboxylic acids is 2. The Kier molecular flexibility index (Phi) is 4.26. The van der Waals surface area contributed by atoms with Crippen LogP contribution in [0.15, 0.2) is 0 Å². The summed E-state index contributed by atoms with van der Waals surface area (Å²) in [5, 5.41) is 2.37. The average Bonchev–Trinajstić information content (AvgIpc) is 2.02. The lowest BCUT2D eigenvalue weighted by Gasteiger charge is -2.09. The van der Waals surface area contributed by atoms with Gasteiger partial charge in [0.1, 0.15) is 0 Å². The molecule has 0 aliphatic rings. The minimum Gasteiger partial charge on any atom is -0.453 e. The van der Waals surface area contributed by atoms with Crippen molar-refractivity contribution < 1.29 is 15.8 Å². The van der Waals surface area contributed by atoms with Crippen LogP contribution in [-0.4, -0.2) is 25.0 Å². The molecule has 4 nitrogen and oxygen atoms in total. The highest BCUT2D eigenvalue weighted by molar-refractivity contribution is 5.86. The van der Waals surface area contributed by atoms with Crippen LogP contribution in [0.4, 0.5) is 4.79 Å². The minimum atomic E-state index is -0.570. The fourth-order valence-corrected chi connectivity index (χ4v) is 0.622. The van der Waals surface area contributed by atoms with Crippen LogP contribution in [-0.2, 0) is 9.53 Å². The van der Waals surface area contributed by atoms with E-state index >= 15 is 0 Å². The molecule has 0 saturated carbocycles. The molecule has 66 valence electrons. The number of rotatable bonds is 3. The van der Waals surface area contributed by atoms with Crippen molar-refractivity contribution in [2.75, 3.05) is 7.11 Å². The first-order valence-electron chi connectivity index (χ1n) is 3.49. The predicted octanol–water partition coefficient (Wildman–Crippen LogP) is 0.956. The predicted molar refractivity (Wildman–Crippen MR) is 42.4 cm³/mol. The number of amides is 1. The maximum Gasteiger partial charge on any atom is 0.407 e. The molecule has 0 spiro atoms. The lowest BCUT2D eigenvalue weighted by Crippen LogP contribution is -2.37. The van der Waals surface area contributed by atoms with Gasteiger partial charge < -0.3 is 10.1 Å². The van der Waals surface area contributed by atoms with Crippen molar-refractivity contribution in [1.82, 2.24) is 5.32 Å². The van der Waals surface area contributed by atoms with E-state index in [1.807, 2.05) is 0 Å². The summed E-state index contributed by atoms with van der Waals surface area (Å²) in [4.78, 5) is 21.4. The van der Waals surface area contributed by atoms with Crippen molar-refractivity contribution >= 4 is 11.9 Å². The van der Waals surface area contributed by atoms with E-state index in [0.29, 0.717) is 6.42 Å². The van der Waals surface area contributed by atoms with Crippen molar-refractivity contribution in [2.24, 2.45) is 0 Å². The normalized spacial score (nSPS) is 11.9. The summed E-state index contributed by atoms with van der Waals surface area (Å²) in [6.45, 7) is 3.38. The van der Waals surface area contributed by atoms with Gasteiger partial charge >= 0.3 is 6.09 Å². The van der Waals surface area contributed by atoms with Crippen LogP contribution in [0.25, 0.3) is 0 Å². The quantitative estimate of drug-likeness (QED) is 0.670. The summed E-state index contributed by atoms with van der Waals surface area (Å²) < 4.78 is 4.31. The summed E-state index contributed by atoms with van der Waals surface area (Å²) in [5.74, 6) is -0.00426. The van der Waals surface area contributed by atoms with Crippen LogP contribution in [0, 0.1) is 0 Å². The molecular formula is C7H15NO3. The van der Waals surface area contributed by atoms with Crippen molar-refractivity contribution in [3.05, 3.63) is 0 Å². The molecule has 0 bridgehead atoms. The number of carbonyl (C=O) groups is 2. The van der Waals surface area contributed by atoms with E-state index in [0.717, 1.165) is 0 Å². The largest absolute Gasteiger partial charge is 0.453 e. The molecule has 0 aromatic heterocycles. The summed E-state index contributed by atoms with van der Waals surface area (Å²) in [6, 6.07) is -0.451. The van der Waals surface area contributed by atoms with Crippen LogP contribution >= 0.6 is 0 Å². The monoisotopic (exact) mass is 161 g/mol. The highest BCUT2D eigenvalue weighted by atomic mass is 16.5. The molecule has 0 aromatic carbocycles. The number of methoxy groups -OCH3 is 1. The number of ketones is 1. The smallest absolute Gasteiger partial charge is 0.407 e. The Bertz CT molecular complexity index is 161. The molecule has 0 rings (SSSR count). The van der Waals surface area contributed by atoms with Crippen molar-refractivity contribution in [2.45, 2.75) is 26.3 Å². The van der Waals surface area contributed by atoms with Gasteiger partial charge in [0.25, 0.3) is 0 Å². The maximum atomic E-state index is 10.9. The van der Waals surface area contributed by atoms with Gasteiger partial charge in [0.2, 0.25) is 0 Å². The third-order valence-corrected chi connectivity index (χ3v) is 1.35. The Morgan fingerprint density at radius 3 is 2.55 bits per heavy atom. The number of hydrogen-bond acceptors (Lipinski definition) is 3. The van der Waals surface area contributed by atoms with Crippen LogP contribution in [0.3, 0.4) is 0 Å². The first-order valence-corrected chi connectivity index (χ1v) is 3.49. The van der Waals surface area contributed by atoms with Gasteiger partial charge in [0, 0.05) is 7.85 Å². The summed E-state index contributed by atoms with van der Waals surface area (Å²) in [5.41, 5.74) is 0. The van der Waals surface area contributed by atoms with E-state index in [9.17, 15) is 9.59 Å². The third-order valence-electron chi connectivity index (χ3n) is 1.35. The molecule has 4 heteroatoms. The second-order valence-electron chi connectivity index (χ2n) is 2.18. The molecule has 0 unspecified atom stereocenters. The lowest BCUT2D eigenvalue weighted by molar-refractivity contribution is -0.120. The highest BCUT2D eigenvalue weighted by Gasteiger charge is 2.12. The first kappa shape index (κ1) is 9.94. The SMILES string of the molecule is CCC(=O)[C@H](C)NC(=O)OC.[HH]. The fourth-order valence-electron chi connectivity index (χ4n) is 0.622. The Labute approximate surface area is 67.4 Å². The topological polar surface area (TPSA) is 55.4 Å². The zero-order chi connectivity index (χ0) is 8.85. The molecule has 1 atom stereocenters. The van der Waals surface area contributed by atoms with E-state index in [4.69, 9.17) is 0 Å². The second-order valence-corrected chi connectivity index (χ2v) is 2.18. The van der Waals surface area contributed by atoms with E-state index in [-0.39, 0.29) is 7.21 Å². The maximum absolute atomic E-state index is 10.9. The van der Waals surface area contributed by atoms with Gasteiger partial charge in [-0.15, -0.1) is 0 Å². The Morgan fingerprint density at radius 2 is 2.18 bits per heavy atom. The van der Waals surface area contributed by atoms with E-state index in [1.54, 1.807) is 13.8 Å². The number of hydrogen-bond donors (Lipinski definition) is 1. The first-order chi connectivity index (χ1) is 5.11. The van der Waals surface area contributed by atoms with Crippen LogP contribution < -0.4 is 5.32 Å². The van der Waals surface area contributed by atoms with Gasteiger partial charge in [0.05, 0.1) is 13.2 Å². The zero-order valence-corrected chi connectivity index (χ0v) is 7.01. The lowest BCUT2D eigenvalue weighted by atomic mass is 10.2. The number of alkyl carbamates (subject to hydrolysis) is 1. The highest BCUT2D eigenvalue weighted by Crippen LogP contribution is 1.89. The van der Waals surface area contributed by atoms with Gasteiger partial charge in [-0.05, 0) is 6.92 Å². The molecular weight excluding hydrogens is 146 g/mol. The van der Waals surface area contributed by atoms with Crippen LogP contribution in [0.1, 0.15) is 21.7 Å². The van der Waals surface area contributed by atoms with Crippen molar-refractivity contribution in [3.8, 4) is 0 Å².